The third-order valence-corrected chi connectivity index (χ3v) is 3.14. The molecule has 0 heterocycles. The molecule has 4 heteroatoms. The van der Waals surface area contributed by atoms with Crippen LogP contribution in [0.15, 0.2) is 48.5 Å². The molecule has 1 unspecified atom stereocenters. The summed E-state index contributed by atoms with van der Waals surface area (Å²) in [6.45, 7) is 2.04. The summed E-state index contributed by atoms with van der Waals surface area (Å²) in [4.78, 5) is 12.0. The second-order valence-corrected chi connectivity index (χ2v) is 4.69. The van der Waals surface area contributed by atoms with E-state index in [1.807, 2.05) is 30.3 Å². The molecule has 0 bridgehead atoms. The van der Waals surface area contributed by atoms with Crippen LogP contribution >= 0.6 is 0 Å². The molecule has 0 fully saturated rings. The topological polar surface area (TPSA) is 55.1 Å². The van der Waals surface area contributed by atoms with Gasteiger partial charge in [0.2, 0.25) is 0 Å². The van der Waals surface area contributed by atoms with Crippen LogP contribution in [0.25, 0.3) is 0 Å². The van der Waals surface area contributed by atoms with Crippen molar-refractivity contribution < 1.29 is 9.18 Å². The molecule has 0 aromatic heterocycles. The van der Waals surface area contributed by atoms with Crippen molar-refractivity contribution in [1.29, 1.82) is 0 Å². The van der Waals surface area contributed by atoms with Crippen molar-refractivity contribution in [2.24, 2.45) is 5.73 Å². The zero-order valence-corrected chi connectivity index (χ0v) is 11.3. The van der Waals surface area contributed by atoms with E-state index in [1.54, 1.807) is 6.92 Å². The highest BCUT2D eigenvalue weighted by Gasteiger charge is 2.11. The molecule has 2 aromatic rings. The van der Waals surface area contributed by atoms with Gasteiger partial charge in [0.15, 0.2) is 0 Å². The Morgan fingerprint density at radius 1 is 1.25 bits per heavy atom. The first-order valence-corrected chi connectivity index (χ1v) is 6.43. The lowest BCUT2D eigenvalue weighted by molar-refractivity contribution is 0.0950. The van der Waals surface area contributed by atoms with E-state index < -0.39 is 0 Å². The second-order valence-electron chi connectivity index (χ2n) is 4.69. The van der Waals surface area contributed by atoms with Gasteiger partial charge in [-0.3, -0.25) is 4.79 Å². The average molecular weight is 272 g/mol. The van der Waals surface area contributed by atoms with Crippen molar-refractivity contribution >= 4 is 5.91 Å². The fourth-order valence-corrected chi connectivity index (χ4v) is 2.00. The van der Waals surface area contributed by atoms with Crippen LogP contribution in [-0.4, -0.2) is 12.5 Å². The van der Waals surface area contributed by atoms with Gasteiger partial charge >= 0.3 is 0 Å². The van der Waals surface area contributed by atoms with Crippen LogP contribution in [0.3, 0.4) is 0 Å². The van der Waals surface area contributed by atoms with E-state index in [1.165, 1.54) is 18.2 Å². The molecule has 0 radical (unpaired) electrons. The Kier molecular flexibility index (Phi) is 4.48. The Morgan fingerprint density at radius 2 is 1.95 bits per heavy atom. The van der Waals surface area contributed by atoms with Gasteiger partial charge in [0, 0.05) is 18.2 Å². The molecule has 1 amide bonds. The van der Waals surface area contributed by atoms with E-state index in [4.69, 9.17) is 5.73 Å². The summed E-state index contributed by atoms with van der Waals surface area (Å²) >= 11 is 0. The molecule has 1 atom stereocenters. The molecule has 0 saturated carbocycles. The monoisotopic (exact) mass is 272 g/mol. The first-order chi connectivity index (χ1) is 9.58. The Morgan fingerprint density at radius 3 is 2.60 bits per heavy atom. The predicted molar refractivity (Wildman–Crippen MR) is 76.8 cm³/mol. The maximum atomic E-state index is 13.0. The molecule has 0 aliphatic heterocycles. The molecule has 0 spiro atoms. The first kappa shape index (κ1) is 14.2. The highest BCUT2D eigenvalue weighted by atomic mass is 19.1. The average Bonchev–Trinajstić information content (AvgIpc) is 2.45. The van der Waals surface area contributed by atoms with Crippen molar-refractivity contribution in [2.75, 3.05) is 6.54 Å². The van der Waals surface area contributed by atoms with Gasteiger partial charge in [-0.15, -0.1) is 0 Å². The van der Waals surface area contributed by atoms with Crippen LogP contribution in [0, 0.1) is 12.7 Å². The minimum Gasteiger partial charge on any atom is -0.350 e. The summed E-state index contributed by atoms with van der Waals surface area (Å²) in [6, 6.07) is 13.4. The summed E-state index contributed by atoms with van der Waals surface area (Å²) in [7, 11) is 0. The molecule has 20 heavy (non-hydrogen) atoms. The highest BCUT2D eigenvalue weighted by molar-refractivity contribution is 5.95. The van der Waals surface area contributed by atoms with Crippen molar-refractivity contribution in [3.63, 3.8) is 0 Å². The number of benzene rings is 2. The van der Waals surface area contributed by atoms with Crippen LogP contribution in [0.4, 0.5) is 4.39 Å². The van der Waals surface area contributed by atoms with Gasteiger partial charge in [-0.2, -0.15) is 0 Å². The molecule has 2 aromatic carbocycles. The summed E-state index contributed by atoms with van der Waals surface area (Å²) < 4.78 is 13.0. The summed E-state index contributed by atoms with van der Waals surface area (Å²) in [5.74, 6) is -0.589. The quantitative estimate of drug-likeness (QED) is 0.898. The van der Waals surface area contributed by atoms with E-state index in [-0.39, 0.29) is 17.8 Å². The van der Waals surface area contributed by atoms with Crippen LogP contribution < -0.4 is 11.1 Å². The molecule has 0 saturated heterocycles. The lowest BCUT2D eigenvalue weighted by Crippen LogP contribution is -2.32. The lowest BCUT2D eigenvalue weighted by atomic mass is 10.1. The number of aryl methyl sites for hydroxylation is 1. The fourth-order valence-electron chi connectivity index (χ4n) is 2.00. The number of carbonyl (C=O) groups is 1. The van der Waals surface area contributed by atoms with E-state index in [9.17, 15) is 9.18 Å². The van der Waals surface area contributed by atoms with E-state index in [0.29, 0.717) is 17.7 Å². The molecule has 3 N–H and O–H groups in total. The molecule has 3 nitrogen and oxygen atoms in total. The van der Waals surface area contributed by atoms with Crippen molar-refractivity contribution in [3.8, 4) is 0 Å². The molecule has 0 aliphatic rings. The smallest absolute Gasteiger partial charge is 0.251 e. The first-order valence-electron chi connectivity index (χ1n) is 6.43. The second kappa shape index (κ2) is 6.30. The zero-order chi connectivity index (χ0) is 14.5. The summed E-state index contributed by atoms with van der Waals surface area (Å²) in [5.41, 5.74) is 8.04. The maximum Gasteiger partial charge on any atom is 0.251 e. The molecule has 104 valence electrons. The van der Waals surface area contributed by atoms with Gasteiger partial charge in [0.25, 0.3) is 5.91 Å². The number of halogens is 1. The number of nitrogens with two attached hydrogens (primary N) is 1. The number of nitrogens with one attached hydrogen (secondary N) is 1. The molecular weight excluding hydrogens is 255 g/mol. The van der Waals surface area contributed by atoms with Crippen LogP contribution in [0.5, 0.6) is 0 Å². The molecular formula is C16H17FN2O. The van der Waals surface area contributed by atoms with Gasteiger partial charge in [0.1, 0.15) is 5.82 Å². The Balaban J connectivity index is 1.99. The highest BCUT2D eigenvalue weighted by Crippen LogP contribution is 2.11. The third-order valence-electron chi connectivity index (χ3n) is 3.14. The summed E-state index contributed by atoms with van der Waals surface area (Å²) in [5, 5.41) is 2.77. The van der Waals surface area contributed by atoms with E-state index in [2.05, 4.69) is 5.32 Å². The number of carbonyl (C=O) groups excluding carboxylic acids is 1. The number of amides is 1. The van der Waals surface area contributed by atoms with Crippen LogP contribution in [-0.2, 0) is 0 Å². The minimum atomic E-state index is -0.347. The Hall–Kier alpha value is -2.20. The third kappa shape index (κ3) is 3.42. The zero-order valence-electron chi connectivity index (χ0n) is 11.3. The van der Waals surface area contributed by atoms with E-state index in [0.717, 1.165) is 5.56 Å². The minimum absolute atomic E-state index is 0.242. The number of hydrogen-bond acceptors (Lipinski definition) is 2. The van der Waals surface area contributed by atoms with Crippen LogP contribution in [0.2, 0.25) is 0 Å². The lowest BCUT2D eigenvalue weighted by Gasteiger charge is -2.14. The van der Waals surface area contributed by atoms with Gasteiger partial charge in [-0.05, 0) is 36.2 Å². The molecule has 2 rings (SSSR count). The van der Waals surface area contributed by atoms with Crippen molar-refractivity contribution in [3.05, 3.63) is 71.0 Å². The van der Waals surface area contributed by atoms with Crippen molar-refractivity contribution in [1.82, 2.24) is 5.32 Å². The normalized spacial score (nSPS) is 11.9. The van der Waals surface area contributed by atoms with Gasteiger partial charge < -0.3 is 11.1 Å². The van der Waals surface area contributed by atoms with E-state index >= 15 is 0 Å². The standard InChI is InChI=1S/C16H17FN2O/c1-11-9-13(17)7-8-14(11)16(20)19-10-15(18)12-5-3-2-4-6-12/h2-9,15H,10,18H2,1H3,(H,19,20). The number of rotatable bonds is 4. The SMILES string of the molecule is Cc1cc(F)ccc1C(=O)NCC(N)c1ccccc1. The van der Waals surface area contributed by atoms with Crippen molar-refractivity contribution in [2.45, 2.75) is 13.0 Å². The van der Waals surface area contributed by atoms with Gasteiger partial charge in [-0.1, -0.05) is 30.3 Å². The van der Waals surface area contributed by atoms with Gasteiger partial charge in [0.05, 0.1) is 0 Å². The van der Waals surface area contributed by atoms with Crippen LogP contribution in [0.1, 0.15) is 27.5 Å². The maximum absolute atomic E-state index is 13.0. The Bertz CT molecular complexity index is 599. The predicted octanol–water partition coefficient (Wildman–Crippen LogP) is 2.56. The fraction of sp³-hybridized carbons (Fsp3) is 0.188. The Labute approximate surface area is 117 Å². The van der Waals surface area contributed by atoms with Gasteiger partial charge in [-0.25, -0.2) is 4.39 Å². The molecule has 0 aliphatic carbocycles. The largest absolute Gasteiger partial charge is 0.350 e. The number of hydrogen-bond donors (Lipinski definition) is 2. The summed E-state index contributed by atoms with van der Waals surface area (Å²) in [6.07, 6.45) is 0.